The minimum Gasteiger partial charge on any atom is -0.294 e. The van der Waals surface area contributed by atoms with Crippen molar-refractivity contribution in [3.63, 3.8) is 0 Å². The molecular weight excluding hydrogens is 334 g/mol. The number of carbonyl (C=O) groups is 1. The van der Waals surface area contributed by atoms with Gasteiger partial charge in [-0.3, -0.25) is 4.79 Å². The topological polar surface area (TPSA) is 54.5 Å². The Kier molecular flexibility index (Phi) is 5.06. The van der Waals surface area contributed by atoms with Gasteiger partial charge in [0.15, 0.2) is 5.78 Å². The van der Waals surface area contributed by atoms with Crippen LogP contribution in [0.25, 0.3) is 0 Å². The number of ketones is 1. The van der Waals surface area contributed by atoms with Crippen LogP contribution in [0.3, 0.4) is 0 Å². The molecule has 0 N–H and O–H groups in total. The highest BCUT2D eigenvalue weighted by Gasteiger charge is 2.32. The van der Waals surface area contributed by atoms with Crippen molar-refractivity contribution in [2.24, 2.45) is 5.92 Å². The standard InChI is InChI=1S/C20H23NO3S/c1-15-8-9-18(14-16(15)2)20(22)17-10-12-21(13-11-17)25(23,24)19-6-4-3-5-7-19/h3-9,14,17H,10-13H2,1-2H3. The maximum Gasteiger partial charge on any atom is 0.243 e. The molecule has 1 aliphatic heterocycles. The van der Waals surface area contributed by atoms with Crippen molar-refractivity contribution < 1.29 is 13.2 Å². The molecule has 2 aromatic rings. The molecule has 2 aromatic carbocycles. The first-order chi connectivity index (χ1) is 11.9. The Bertz CT molecular complexity index is 867. The minimum atomic E-state index is -3.47. The molecular formula is C20H23NO3S. The Hall–Kier alpha value is -1.98. The van der Waals surface area contributed by atoms with Crippen molar-refractivity contribution in [1.29, 1.82) is 0 Å². The highest BCUT2D eigenvalue weighted by Crippen LogP contribution is 2.26. The van der Waals surface area contributed by atoms with Gasteiger partial charge in [0.25, 0.3) is 0 Å². The second-order valence-corrected chi connectivity index (χ2v) is 8.59. The van der Waals surface area contributed by atoms with Gasteiger partial charge in [-0.2, -0.15) is 4.31 Å². The number of carbonyl (C=O) groups excluding carboxylic acids is 1. The fourth-order valence-corrected chi connectivity index (χ4v) is 4.72. The van der Waals surface area contributed by atoms with Crippen molar-refractivity contribution in [3.05, 3.63) is 65.2 Å². The molecule has 0 spiro atoms. The van der Waals surface area contributed by atoms with Crippen molar-refractivity contribution in [1.82, 2.24) is 4.31 Å². The summed E-state index contributed by atoms with van der Waals surface area (Å²) in [5, 5.41) is 0. The summed E-state index contributed by atoms with van der Waals surface area (Å²) in [6.45, 7) is 4.80. The lowest BCUT2D eigenvalue weighted by Gasteiger charge is -2.30. The number of aryl methyl sites for hydroxylation is 2. The Morgan fingerprint density at radius 1 is 0.960 bits per heavy atom. The van der Waals surface area contributed by atoms with Crippen LogP contribution < -0.4 is 0 Å². The van der Waals surface area contributed by atoms with Gasteiger partial charge in [0.2, 0.25) is 10.0 Å². The molecule has 1 fully saturated rings. The third kappa shape index (κ3) is 3.67. The van der Waals surface area contributed by atoms with E-state index in [1.165, 1.54) is 9.87 Å². The summed E-state index contributed by atoms with van der Waals surface area (Å²) in [4.78, 5) is 13.0. The molecule has 0 radical (unpaired) electrons. The molecule has 0 unspecified atom stereocenters. The second kappa shape index (κ2) is 7.10. The highest BCUT2D eigenvalue weighted by molar-refractivity contribution is 7.89. The van der Waals surface area contributed by atoms with Crippen molar-refractivity contribution in [2.75, 3.05) is 13.1 Å². The van der Waals surface area contributed by atoms with E-state index in [4.69, 9.17) is 0 Å². The van der Waals surface area contributed by atoms with E-state index < -0.39 is 10.0 Å². The van der Waals surface area contributed by atoms with Gasteiger partial charge >= 0.3 is 0 Å². The summed E-state index contributed by atoms with van der Waals surface area (Å²) >= 11 is 0. The van der Waals surface area contributed by atoms with E-state index in [1.807, 2.05) is 32.0 Å². The first-order valence-corrected chi connectivity index (χ1v) is 10.0. The third-order valence-corrected chi connectivity index (χ3v) is 6.91. The summed E-state index contributed by atoms with van der Waals surface area (Å²) in [6.07, 6.45) is 1.13. The first kappa shape index (κ1) is 17.8. The van der Waals surface area contributed by atoms with Gasteiger partial charge in [-0.05, 0) is 56.0 Å². The molecule has 0 saturated carbocycles. The molecule has 4 nitrogen and oxygen atoms in total. The lowest BCUT2D eigenvalue weighted by molar-refractivity contribution is 0.0875. The number of piperidine rings is 1. The first-order valence-electron chi connectivity index (χ1n) is 8.56. The van der Waals surface area contributed by atoms with Crippen LogP contribution in [0.4, 0.5) is 0 Å². The highest BCUT2D eigenvalue weighted by atomic mass is 32.2. The molecule has 0 atom stereocenters. The fourth-order valence-electron chi connectivity index (χ4n) is 3.23. The molecule has 1 saturated heterocycles. The van der Waals surface area contributed by atoms with Crippen molar-refractivity contribution in [3.8, 4) is 0 Å². The van der Waals surface area contributed by atoms with Crippen LogP contribution >= 0.6 is 0 Å². The predicted octanol–water partition coefficient (Wildman–Crippen LogP) is 3.59. The Morgan fingerprint density at radius 3 is 2.20 bits per heavy atom. The van der Waals surface area contributed by atoms with Gasteiger partial charge in [0.1, 0.15) is 0 Å². The molecule has 0 bridgehead atoms. The zero-order valence-corrected chi connectivity index (χ0v) is 15.4. The van der Waals surface area contributed by atoms with E-state index in [-0.39, 0.29) is 11.7 Å². The van der Waals surface area contributed by atoms with Crippen LogP contribution in [0.15, 0.2) is 53.4 Å². The van der Waals surface area contributed by atoms with E-state index in [1.54, 1.807) is 30.3 Å². The smallest absolute Gasteiger partial charge is 0.243 e. The van der Waals surface area contributed by atoms with Gasteiger partial charge in [-0.1, -0.05) is 30.3 Å². The normalized spacial score (nSPS) is 16.7. The van der Waals surface area contributed by atoms with Crippen LogP contribution in [0, 0.1) is 19.8 Å². The predicted molar refractivity (Wildman–Crippen MR) is 98.2 cm³/mol. The van der Waals surface area contributed by atoms with Gasteiger partial charge < -0.3 is 0 Å². The summed E-state index contributed by atoms with van der Waals surface area (Å²) in [7, 11) is -3.47. The van der Waals surface area contributed by atoms with Gasteiger partial charge in [0.05, 0.1) is 4.90 Å². The molecule has 1 heterocycles. The summed E-state index contributed by atoms with van der Waals surface area (Å²) in [5.41, 5.74) is 3.00. The SMILES string of the molecule is Cc1ccc(C(=O)C2CCN(S(=O)(=O)c3ccccc3)CC2)cc1C. The maximum absolute atomic E-state index is 12.7. The van der Waals surface area contributed by atoms with Crippen LogP contribution in [0.2, 0.25) is 0 Å². The number of hydrogen-bond donors (Lipinski definition) is 0. The van der Waals surface area contributed by atoms with Crippen molar-refractivity contribution in [2.45, 2.75) is 31.6 Å². The van der Waals surface area contributed by atoms with Crippen molar-refractivity contribution >= 4 is 15.8 Å². The van der Waals surface area contributed by atoms with Crippen LogP contribution in [-0.2, 0) is 10.0 Å². The number of benzene rings is 2. The monoisotopic (exact) mass is 357 g/mol. The zero-order chi connectivity index (χ0) is 18.0. The van der Waals surface area contributed by atoms with Crippen LogP contribution in [0.1, 0.15) is 34.3 Å². The lowest BCUT2D eigenvalue weighted by Crippen LogP contribution is -2.40. The molecule has 1 aliphatic rings. The average Bonchev–Trinajstić information content (AvgIpc) is 2.64. The molecule has 5 heteroatoms. The zero-order valence-electron chi connectivity index (χ0n) is 14.6. The Morgan fingerprint density at radius 2 is 1.60 bits per heavy atom. The van der Waals surface area contributed by atoms with Crippen LogP contribution in [0.5, 0.6) is 0 Å². The fraction of sp³-hybridized carbons (Fsp3) is 0.350. The number of Topliss-reactive ketones (excluding diaryl/α,β-unsaturated/α-hetero) is 1. The summed E-state index contributed by atoms with van der Waals surface area (Å²) in [6, 6.07) is 14.3. The number of hydrogen-bond acceptors (Lipinski definition) is 3. The minimum absolute atomic E-state index is 0.107. The third-order valence-electron chi connectivity index (χ3n) is 5.00. The Labute approximate surface area is 149 Å². The maximum atomic E-state index is 12.7. The molecule has 3 rings (SSSR count). The second-order valence-electron chi connectivity index (χ2n) is 6.65. The molecule has 0 amide bonds. The van der Waals surface area contributed by atoms with E-state index in [0.717, 1.165) is 11.1 Å². The van der Waals surface area contributed by atoms with Gasteiger partial charge in [-0.15, -0.1) is 0 Å². The van der Waals surface area contributed by atoms with E-state index >= 15 is 0 Å². The van der Waals surface area contributed by atoms with Gasteiger partial charge in [-0.25, -0.2) is 8.42 Å². The average molecular weight is 357 g/mol. The molecule has 0 aliphatic carbocycles. The largest absolute Gasteiger partial charge is 0.294 e. The molecule has 25 heavy (non-hydrogen) atoms. The number of sulfonamides is 1. The van der Waals surface area contributed by atoms with E-state index in [2.05, 4.69) is 0 Å². The quantitative estimate of drug-likeness (QED) is 0.786. The Balaban J connectivity index is 1.69. The summed E-state index contributed by atoms with van der Waals surface area (Å²) < 4.78 is 26.8. The molecule has 0 aromatic heterocycles. The van der Waals surface area contributed by atoms with Crippen LogP contribution in [-0.4, -0.2) is 31.6 Å². The lowest BCUT2D eigenvalue weighted by atomic mass is 9.88. The van der Waals surface area contributed by atoms with E-state index in [0.29, 0.717) is 30.8 Å². The van der Waals surface area contributed by atoms with E-state index in [9.17, 15) is 13.2 Å². The van der Waals surface area contributed by atoms with Gasteiger partial charge in [0, 0.05) is 24.6 Å². The summed E-state index contributed by atoms with van der Waals surface area (Å²) in [5.74, 6) is 0.0178. The number of rotatable bonds is 4. The molecule has 132 valence electrons. The number of nitrogens with zero attached hydrogens (tertiary/aromatic N) is 1.